The summed E-state index contributed by atoms with van der Waals surface area (Å²) in [5, 5.41) is 7.15. The van der Waals surface area contributed by atoms with Gasteiger partial charge in [-0.15, -0.1) is 0 Å². The van der Waals surface area contributed by atoms with Crippen molar-refractivity contribution in [2.75, 3.05) is 20.3 Å². The van der Waals surface area contributed by atoms with Crippen molar-refractivity contribution in [2.45, 2.75) is 45.1 Å². The number of methoxy groups -OCH3 is 1. The van der Waals surface area contributed by atoms with Gasteiger partial charge in [-0.2, -0.15) is 0 Å². The van der Waals surface area contributed by atoms with Gasteiger partial charge in [-0.1, -0.05) is 62.4 Å². The van der Waals surface area contributed by atoms with Gasteiger partial charge in [0.2, 0.25) is 5.91 Å². The van der Waals surface area contributed by atoms with Crippen LogP contribution in [0.3, 0.4) is 0 Å². The van der Waals surface area contributed by atoms with Crippen LogP contribution in [0.15, 0.2) is 79.0 Å². The van der Waals surface area contributed by atoms with Gasteiger partial charge in [0.1, 0.15) is 11.5 Å². The third-order valence-electron chi connectivity index (χ3n) is 6.78. The minimum absolute atomic E-state index is 0.0828. The maximum Gasteiger partial charge on any atom is 0.258 e. The van der Waals surface area contributed by atoms with E-state index in [1.54, 1.807) is 7.11 Å². The monoisotopic (exact) mass is 527 g/mol. The SMILES string of the molecule is COc1ccccc1CCC(=O)NCC(Cc1c[nH]c2ccccc12)NC(=O)COc1ccc(C(C)C)cc1. The molecule has 1 heterocycles. The first-order valence-electron chi connectivity index (χ1n) is 13.4. The number of nitrogens with one attached hydrogen (secondary N) is 3. The molecule has 7 nitrogen and oxygen atoms in total. The second-order valence-corrected chi connectivity index (χ2v) is 9.96. The van der Waals surface area contributed by atoms with Crippen LogP contribution < -0.4 is 20.1 Å². The Morgan fingerprint density at radius 1 is 0.897 bits per heavy atom. The molecule has 0 aliphatic rings. The van der Waals surface area contributed by atoms with Crippen molar-refractivity contribution in [1.29, 1.82) is 0 Å². The number of hydrogen-bond acceptors (Lipinski definition) is 4. The van der Waals surface area contributed by atoms with Crippen molar-refractivity contribution in [2.24, 2.45) is 0 Å². The van der Waals surface area contributed by atoms with E-state index in [9.17, 15) is 9.59 Å². The van der Waals surface area contributed by atoms with E-state index in [0.29, 0.717) is 37.5 Å². The third-order valence-corrected chi connectivity index (χ3v) is 6.78. The number of hydrogen-bond donors (Lipinski definition) is 3. The number of ether oxygens (including phenoxy) is 2. The molecule has 1 unspecified atom stereocenters. The van der Waals surface area contributed by atoms with Gasteiger partial charge in [0, 0.05) is 30.1 Å². The highest BCUT2D eigenvalue weighted by Crippen LogP contribution is 2.21. The summed E-state index contributed by atoms with van der Waals surface area (Å²) in [5.41, 5.74) is 4.31. The van der Waals surface area contributed by atoms with Gasteiger partial charge in [-0.3, -0.25) is 9.59 Å². The molecule has 204 valence electrons. The molecule has 0 radical (unpaired) electrons. The molecular weight excluding hydrogens is 490 g/mol. The summed E-state index contributed by atoms with van der Waals surface area (Å²) in [6.07, 6.45) is 3.41. The molecule has 4 rings (SSSR count). The molecule has 3 N–H and O–H groups in total. The Bertz CT molecular complexity index is 1380. The number of aromatic nitrogens is 1. The Labute approximate surface area is 229 Å². The van der Waals surface area contributed by atoms with Crippen LogP contribution in [-0.2, 0) is 22.4 Å². The predicted octanol–water partition coefficient (Wildman–Crippen LogP) is 5.16. The Hall–Kier alpha value is -4.26. The number of para-hydroxylation sites is 2. The predicted molar refractivity (Wildman–Crippen MR) is 154 cm³/mol. The quantitative estimate of drug-likeness (QED) is 0.224. The number of carbonyl (C=O) groups is 2. The van der Waals surface area contributed by atoms with Gasteiger partial charge in [-0.05, 0) is 59.7 Å². The first-order valence-corrected chi connectivity index (χ1v) is 13.4. The van der Waals surface area contributed by atoms with Gasteiger partial charge in [0.15, 0.2) is 6.61 Å². The Morgan fingerprint density at radius 3 is 2.41 bits per heavy atom. The number of fused-ring (bicyclic) bond motifs is 1. The minimum Gasteiger partial charge on any atom is -0.496 e. The molecule has 0 bridgehead atoms. The normalized spacial score (nSPS) is 11.8. The van der Waals surface area contributed by atoms with E-state index >= 15 is 0 Å². The van der Waals surface area contributed by atoms with E-state index in [4.69, 9.17) is 9.47 Å². The lowest BCUT2D eigenvalue weighted by Gasteiger charge is -2.20. The summed E-state index contributed by atoms with van der Waals surface area (Å²) in [6.45, 7) is 4.47. The average Bonchev–Trinajstić information content (AvgIpc) is 3.36. The summed E-state index contributed by atoms with van der Waals surface area (Å²) in [7, 11) is 1.63. The molecule has 0 aliphatic carbocycles. The molecule has 3 aromatic carbocycles. The average molecular weight is 528 g/mol. The summed E-state index contributed by atoms with van der Waals surface area (Å²) in [5.74, 6) is 1.52. The third kappa shape index (κ3) is 7.87. The van der Waals surface area contributed by atoms with Gasteiger partial charge >= 0.3 is 0 Å². The number of amides is 2. The fraction of sp³-hybridized carbons (Fsp3) is 0.312. The molecule has 7 heteroatoms. The fourth-order valence-electron chi connectivity index (χ4n) is 4.59. The van der Waals surface area contributed by atoms with Crippen LogP contribution in [0, 0.1) is 0 Å². The molecule has 2 amide bonds. The van der Waals surface area contributed by atoms with Gasteiger partial charge in [0.25, 0.3) is 5.91 Å². The van der Waals surface area contributed by atoms with E-state index in [2.05, 4.69) is 35.5 Å². The van der Waals surface area contributed by atoms with Crippen LogP contribution in [0.25, 0.3) is 10.9 Å². The second-order valence-electron chi connectivity index (χ2n) is 9.96. The van der Waals surface area contributed by atoms with Crippen molar-refractivity contribution < 1.29 is 19.1 Å². The van der Waals surface area contributed by atoms with Crippen LogP contribution in [0.1, 0.15) is 42.9 Å². The molecule has 1 atom stereocenters. The Balaban J connectivity index is 1.36. The molecule has 0 aliphatic heterocycles. The van der Waals surface area contributed by atoms with Crippen molar-refractivity contribution >= 4 is 22.7 Å². The first-order chi connectivity index (χ1) is 18.9. The summed E-state index contributed by atoms with van der Waals surface area (Å²) in [6, 6.07) is 23.2. The van der Waals surface area contributed by atoms with Crippen LogP contribution >= 0.6 is 0 Å². The van der Waals surface area contributed by atoms with Crippen LogP contribution in [0.5, 0.6) is 11.5 Å². The van der Waals surface area contributed by atoms with E-state index in [0.717, 1.165) is 27.8 Å². The van der Waals surface area contributed by atoms with Crippen molar-refractivity contribution in [3.63, 3.8) is 0 Å². The van der Waals surface area contributed by atoms with E-state index < -0.39 is 0 Å². The number of carbonyl (C=O) groups excluding carboxylic acids is 2. The van der Waals surface area contributed by atoms with Crippen LogP contribution in [0.4, 0.5) is 0 Å². The van der Waals surface area contributed by atoms with Gasteiger partial charge in [-0.25, -0.2) is 0 Å². The standard InChI is InChI=1S/C32H37N3O4/c1-22(2)23-12-15-27(16-13-23)39-21-32(37)35-26(18-25-19-33-29-10-6-5-9-28(25)29)20-34-31(36)17-14-24-8-4-7-11-30(24)38-3/h4-13,15-16,19,22,26,33H,14,17-18,20-21H2,1-3H3,(H,34,36)(H,35,37). The molecule has 1 aromatic heterocycles. The largest absolute Gasteiger partial charge is 0.496 e. The lowest BCUT2D eigenvalue weighted by Crippen LogP contribution is -2.46. The number of rotatable bonds is 13. The summed E-state index contributed by atoms with van der Waals surface area (Å²) < 4.78 is 11.1. The Morgan fingerprint density at radius 2 is 1.64 bits per heavy atom. The van der Waals surface area contributed by atoms with Crippen molar-refractivity contribution in [1.82, 2.24) is 15.6 Å². The topological polar surface area (TPSA) is 92.5 Å². The van der Waals surface area contributed by atoms with Crippen LogP contribution in [-0.4, -0.2) is 43.1 Å². The molecular formula is C32H37N3O4. The highest BCUT2D eigenvalue weighted by Gasteiger charge is 2.17. The zero-order chi connectivity index (χ0) is 27.6. The molecule has 0 spiro atoms. The number of aryl methyl sites for hydroxylation is 1. The fourth-order valence-corrected chi connectivity index (χ4v) is 4.59. The summed E-state index contributed by atoms with van der Waals surface area (Å²) in [4.78, 5) is 28.8. The van der Waals surface area contributed by atoms with Crippen molar-refractivity contribution in [3.05, 3.63) is 95.7 Å². The summed E-state index contributed by atoms with van der Waals surface area (Å²) >= 11 is 0. The molecule has 0 saturated heterocycles. The zero-order valence-corrected chi connectivity index (χ0v) is 22.8. The maximum absolute atomic E-state index is 12.8. The molecule has 0 fully saturated rings. The van der Waals surface area contributed by atoms with Crippen molar-refractivity contribution in [3.8, 4) is 11.5 Å². The molecule has 0 saturated carbocycles. The first kappa shape index (κ1) is 27.8. The number of benzene rings is 3. The number of aromatic amines is 1. The highest BCUT2D eigenvalue weighted by atomic mass is 16.5. The lowest BCUT2D eigenvalue weighted by atomic mass is 10.0. The highest BCUT2D eigenvalue weighted by molar-refractivity contribution is 5.83. The Kier molecular flexibility index (Phi) is 9.62. The van der Waals surface area contributed by atoms with Gasteiger partial charge in [0.05, 0.1) is 13.2 Å². The number of H-pyrrole nitrogens is 1. The maximum atomic E-state index is 12.8. The second kappa shape index (κ2) is 13.5. The lowest BCUT2D eigenvalue weighted by molar-refractivity contribution is -0.125. The molecule has 4 aromatic rings. The van der Waals surface area contributed by atoms with E-state index in [1.165, 1.54) is 5.56 Å². The van der Waals surface area contributed by atoms with E-state index in [1.807, 2.05) is 72.9 Å². The zero-order valence-electron chi connectivity index (χ0n) is 22.8. The molecule has 39 heavy (non-hydrogen) atoms. The van der Waals surface area contributed by atoms with Gasteiger partial charge < -0.3 is 25.1 Å². The van der Waals surface area contributed by atoms with Crippen LogP contribution in [0.2, 0.25) is 0 Å². The smallest absolute Gasteiger partial charge is 0.258 e. The van der Waals surface area contributed by atoms with E-state index in [-0.39, 0.29) is 24.5 Å². The minimum atomic E-state index is -0.307.